The lowest BCUT2D eigenvalue weighted by molar-refractivity contribution is 0.117. The van der Waals surface area contributed by atoms with E-state index in [-0.39, 0.29) is 10.9 Å². The summed E-state index contributed by atoms with van der Waals surface area (Å²) in [6.45, 7) is 0. The van der Waals surface area contributed by atoms with Crippen molar-refractivity contribution in [1.29, 1.82) is 0 Å². The van der Waals surface area contributed by atoms with E-state index in [1.807, 2.05) is 0 Å². The molecule has 18 heavy (non-hydrogen) atoms. The van der Waals surface area contributed by atoms with E-state index in [9.17, 15) is 18.3 Å². The van der Waals surface area contributed by atoms with Crippen molar-refractivity contribution in [3.8, 4) is 0 Å². The number of aromatic nitrogens is 1. The number of aliphatic hydroxyl groups excluding tert-OH is 1. The molecule has 1 saturated carbocycles. The van der Waals surface area contributed by atoms with Crippen LogP contribution in [-0.2, 0) is 10.0 Å². The molecule has 2 rings (SSSR count). The van der Waals surface area contributed by atoms with Crippen LogP contribution in [0.25, 0.3) is 0 Å². The molecule has 3 N–H and O–H groups in total. The van der Waals surface area contributed by atoms with E-state index in [1.54, 1.807) is 0 Å². The highest BCUT2D eigenvalue weighted by atomic mass is 32.2. The second kappa shape index (κ2) is 5.21. The first kappa shape index (κ1) is 13.3. The molecule has 1 fully saturated rings. The van der Waals surface area contributed by atoms with Gasteiger partial charge in [-0.3, -0.25) is 4.79 Å². The normalized spacial score (nSPS) is 24.9. The molecule has 1 aliphatic rings. The number of pyridine rings is 1. The van der Waals surface area contributed by atoms with Crippen LogP contribution in [0.3, 0.4) is 0 Å². The SMILES string of the molecule is O=c1cc[nH]cc1S(=O)(=O)NC1CCCC(O)C1. The van der Waals surface area contributed by atoms with Gasteiger partial charge in [0.15, 0.2) is 0 Å². The number of sulfonamides is 1. The third-order valence-corrected chi connectivity index (χ3v) is 4.59. The van der Waals surface area contributed by atoms with Crippen LogP contribution in [0.4, 0.5) is 0 Å². The highest BCUT2D eigenvalue weighted by Crippen LogP contribution is 2.19. The zero-order valence-electron chi connectivity index (χ0n) is 9.80. The van der Waals surface area contributed by atoms with E-state index < -0.39 is 21.6 Å². The second-order valence-corrected chi connectivity index (χ2v) is 6.19. The van der Waals surface area contributed by atoms with Crippen LogP contribution < -0.4 is 10.2 Å². The monoisotopic (exact) mass is 272 g/mol. The molecular weight excluding hydrogens is 256 g/mol. The van der Waals surface area contributed by atoms with Gasteiger partial charge in [0, 0.05) is 24.5 Å². The van der Waals surface area contributed by atoms with Gasteiger partial charge in [-0.2, -0.15) is 0 Å². The van der Waals surface area contributed by atoms with E-state index in [0.29, 0.717) is 19.3 Å². The van der Waals surface area contributed by atoms with Gasteiger partial charge in [0.2, 0.25) is 15.5 Å². The molecule has 100 valence electrons. The van der Waals surface area contributed by atoms with Crippen LogP contribution in [0.2, 0.25) is 0 Å². The summed E-state index contributed by atoms with van der Waals surface area (Å²) in [6.07, 6.45) is 4.63. The highest BCUT2D eigenvalue weighted by molar-refractivity contribution is 7.89. The standard InChI is InChI=1S/C11H16N2O4S/c14-9-3-1-2-8(6-9)13-18(16,17)11-7-12-5-4-10(11)15/h4-5,7-9,13-14H,1-3,6H2,(H,12,15). The minimum absolute atomic E-state index is 0.287. The first-order chi connectivity index (χ1) is 8.49. The maximum Gasteiger partial charge on any atom is 0.246 e. The fraction of sp³-hybridized carbons (Fsp3) is 0.545. The number of aliphatic hydroxyl groups is 1. The summed E-state index contributed by atoms with van der Waals surface area (Å²) in [5, 5.41) is 9.50. The van der Waals surface area contributed by atoms with Crippen LogP contribution in [0.15, 0.2) is 28.2 Å². The fourth-order valence-electron chi connectivity index (χ4n) is 2.16. The summed E-state index contributed by atoms with van der Waals surface area (Å²) in [4.78, 5) is 13.8. The lowest BCUT2D eigenvalue weighted by Crippen LogP contribution is -2.41. The highest BCUT2D eigenvalue weighted by Gasteiger charge is 2.26. The molecule has 1 aromatic heterocycles. The van der Waals surface area contributed by atoms with Crippen LogP contribution in [-0.4, -0.2) is 30.7 Å². The van der Waals surface area contributed by atoms with Gasteiger partial charge in [-0.1, -0.05) is 0 Å². The van der Waals surface area contributed by atoms with Crippen molar-refractivity contribution >= 4 is 10.0 Å². The third-order valence-electron chi connectivity index (χ3n) is 3.05. The quantitative estimate of drug-likeness (QED) is 0.718. The van der Waals surface area contributed by atoms with Crippen molar-refractivity contribution in [3.05, 3.63) is 28.7 Å². The van der Waals surface area contributed by atoms with E-state index in [1.165, 1.54) is 18.5 Å². The fourth-order valence-corrected chi connectivity index (χ4v) is 3.50. The van der Waals surface area contributed by atoms with Crippen molar-refractivity contribution in [2.24, 2.45) is 0 Å². The second-order valence-electron chi connectivity index (χ2n) is 4.51. The summed E-state index contributed by atoms with van der Waals surface area (Å²) in [7, 11) is -3.82. The van der Waals surface area contributed by atoms with Gasteiger partial charge < -0.3 is 10.1 Å². The average molecular weight is 272 g/mol. The zero-order valence-corrected chi connectivity index (χ0v) is 10.6. The topological polar surface area (TPSA) is 99.3 Å². The minimum Gasteiger partial charge on any atom is -0.393 e. The molecule has 0 spiro atoms. The number of rotatable bonds is 3. The molecular formula is C11H16N2O4S. The van der Waals surface area contributed by atoms with Crippen LogP contribution in [0.5, 0.6) is 0 Å². The molecule has 1 aliphatic carbocycles. The zero-order chi connectivity index (χ0) is 13.2. The Bertz CT molecular complexity index is 566. The number of hydrogen-bond donors (Lipinski definition) is 3. The summed E-state index contributed by atoms with van der Waals surface area (Å²) in [5.74, 6) is 0. The Labute approximate surface area is 105 Å². The number of hydrogen-bond acceptors (Lipinski definition) is 4. The molecule has 0 bridgehead atoms. The molecule has 0 amide bonds. The predicted molar refractivity (Wildman–Crippen MR) is 65.6 cm³/mol. The number of aromatic amines is 1. The molecule has 2 atom stereocenters. The largest absolute Gasteiger partial charge is 0.393 e. The molecule has 1 heterocycles. The maximum atomic E-state index is 12.0. The lowest BCUT2D eigenvalue weighted by atomic mass is 9.94. The van der Waals surface area contributed by atoms with E-state index in [0.717, 1.165) is 6.42 Å². The van der Waals surface area contributed by atoms with Gasteiger partial charge >= 0.3 is 0 Å². The molecule has 2 unspecified atom stereocenters. The summed E-state index contributed by atoms with van der Waals surface area (Å²) in [6, 6.07) is 0.864. The van der Waals surface area contributed by atoms with E-state index >= 15 is 0 Å². The molecule has 0 radical (unpaired) electrons. The van der Waals surface area contributed by atoms with Gasteiger partial charge in [0.25, 0.3) is 0 Å². The Morgan fingerprint density at radius 1 is 1.39 bits per heavy atom. The number of nitrogens with one attached hydrogen (secondary N) is 2. The molecule has 0 aromatic carbocycles. The van der Waals surface area contributed by atoms with Crippen molar-refractivity contribution < 1.29 is 13.5 Å². The Hall–Kier alpha value is -1.18. The van der Waals surface area contributed by atoms with E-state index in [4.69, 9.17) is 0 Å². The van der Waals surface area contributed by atoms with Gasteiger partial charge in [0.1, 0.15) is 4.90 Å². The summed E-state index contributed by atoms with van der Waals surface area (Å²) >= 11 is 0. The maximum absolute atomic E-state index is 12.0. The van der Waals surface area contributed by atoms with Crippen molar-refractivity contribution in [2.45, 2.75) is 42.7 Å². The molecule has 0 saturated heterocycles. The van der Waals surface area contributed by atoms with Gasteiger partial charge in [-0.05, 0) is 25.7 Å². The van der Waals surface area contributed by atoms with Gasteiger partial charge in [-0.25, -0.2) is 13.1 Å². The Morgan fingerprint density at radius 3 is 2.83 bits per heavy atom. The Kier molecular flexibility index (Phi) is 3.84. The molecule has 6 nitrogen and oxygen atoms in total. The van der Waals surface area contributed by atoms with Crippen molar-refractivity contribution in [3.63, 3.8) is 0 Å². The Morgan fingerprint density at radius 2 is 2.17 bits per heavy atom. The van der Waals surface area contributed by atoms with Gasteiger partial charge in [-0.15, -0.1) is 0 Å². The van der Waals surface area contributed by atoms with Crippen molar-refractivity contribution in [2.75, 3.05) is 0 Å². The lowest BCUT2D eigenvalue weighted by Gasteiger charge is -2.26. The molecule has 1 aromatic rings. The number of H-pyrrole nitrogens is 1. The minimum atomic E-state index is -3.82. The summed E-state index contributed by atoms with van der Waals surface area (Å²) in [5.41, 5.74) is -0.544. The summed E-state index contributed by atoms with van der Waals surface area (Å²) < 4.78 is 26.5. The smallest absolute Gasteiger partial charge is 0.246 e. The van der Waals surface area contributed by atoms with Gasteiger partial charge in [0.05, 0.1) is 6.10 Å². The third kappa shape index (κ3) is 2.98. The van der Waals surface area contributed by atoms with E-state index in [2.05, 4.69) is 9.71 Å². The first-order valence-electron chi connectivity index (χ1n) is 5.86. The van der Waals surface area contributed by atoms with Crippen LogP contribution >= 0.6 is 0 Å². The Balaban J connectivity index is 2.17. The predicted octanol–water partition coefficient (Wildman–Crippen LogP) is -0.0433. The molecule has 0 aliphatic heterocycles. The van der Waals surface area contributed by atoms with Crippen LogP contribution in [0, 0.1) is 0 Å². The first-order valence-corrected chi connectivity index (χ1v) is 7.35. The van der Waals surface area contributed by atoms with Crippen molar-refractivity contribution in [1.82, 2.24) is 9.71 Å². The molecule has 7 heteroatoms. The van der Waals surface area contributed by atoms with Crippen LogP contribution in [0.1, 0.15) is 25.7 Å². The average Bonchev–Trinajstić information content (AvgIpc) is 2.28.